The van der Waals surface area contributed by atoms with Crippen molar-refractivity contribution in [2.45, 2.75) is 5.41 Å². The number of rotatable bonds is 4. The van der Waals surface area contributed by atoms with Crippen LogP contribution in [0.4, 0.5) is 0 Å². The molecule has 4 heteroatoms. The zero-order chi connectivity index (χ0) is 31.0. The van der Waals surface area contributed by atoms with Gasteiger partial charge in [-0.15, -0.1) is 0 Å². The van der Waals surface area contributed by atoms with Crippen molar-refractivity contribution >= 4 is 0 Å². The summed E-state index contributed by atoms with van der Waals surface area (Å²) in [6.07, 6.45) is 6.30. The number of fused-ring (bicyclic) bond motifs is 10. The summed E-state index contributed by atoms with van der Waals surface area (Å²) in [5, 5.41) is 0. The number of hydrogen-bond donors (Lipinski definition) is 0. The maximum atomic E-state index is 5.22. The minimum Gasteiger partial charge on any atom is -0.451 e. The summed E-state index contributed by atoms with van der Waals surface area (Å²) in [7, 11) is 0. The minimum absolute atomic E-state index is 0.439. The summed E-state index contributed by atoms with van der Waals surface area (Å²) >= 11 is 0. The van der Waals surface area contributed by atoms with Gasteiger partial charge >= 0.3 is 0 Å². The molecule has 0 saturated heterocycles. The van der Waals surface area contributed by atoms with Crippen LogP contribution in [0.15, 0.2) is 168 Å². The number of oxazole rings is 2. The van der Waals surface area contributed by atoms with Crippen LogP contribution in [0.2, 0.25) is 0 Å². The van der Waals surface area contributed by atoms with Crippen molar-refractivity contribution in [3.8, 4) is 67.0 Å². The van der Waals surface area contributed by atoms with Gasteiger partial charge in [0.05, 0.1) is 5.41 Å². The second-order valence-corrected chi connectivity index (χ2v) is 12.3. The SMILES string of the molecule is c1ccc2c(c1)-c1ccccc1C21c2cc(-c3ccc(-c4cocn4)cc3)ccc2-c2ccc(-c3ccc(-c4cocn4)cc3)cc21. The lowest BCUT2D eigenvalue weighted by Gasteiger charge is -2.31. The van der Waals surface area contributed by atoms with Crippen LogP contribution in [0.1, 0.15) is 22.3 Å². The van der Waals surface area contributed by atoms with Crippen molar-refractivity contribution in [1.29, 1.82) is 0 Å². The largest absolute Gasteiger partial charge is 0.451 e. The first-order valence-electron chi connectivity index (χ1n) is 15.8. The van der Waals surface area contributed by atoms with Gasteiger partial charge in [0.1, 0.15) is 23.9 Å². The number of aromatic nitrogens is 2. The van der Waals surface area contributed by atoms with Gasteiger partial charge in [0.2, 0.25) is 0 Å². The van der Waals surface area contributed by atoms with Crippen LogP contribution in [-0.2, 0) is 5.41 Å². The van der Waals surface area contributed by atoms with Crippen LogP contribution in [0.3, 0.4) is 0 Å². The van der Waals surface area contributed by atoms with Crippen LogP contribution in [0.25, 0.3) is 67.0 Å². The van der Waals surface area contributed by atoms with E-state index in [1.54, 1.807) is 12.5 Å². The van der Waals surface area contributed by atoms with E-state index >= 15 is 0 Å². The summed E-state index contributed by atoms with van der Waals surface area (Å²) in [5.74, 6) is 0. The summed E-state index contributed by atoms with van der Waals surface area (Å²) in [5.41, 5.74) is 18.5. The molecule has 2 heterocycles. The highest BCUT2D eigenvalue weighted by atomic mass is 16.3. The molecule has 2 aliphatic rings. The maximum Gasteiger partial charge on any atom is 0.181 e. The molecule has 0 N–H and O–H groups in total. The highest BCUT2D eigenvalue weighted by Crippen LogP contribution is 2.63. The Balaban J connectivity index is 1.18. The Labute approximate surface area is 271 Å². The molecule has 47 heavy (non-hydrogen) atoms. The average Bonchev–Trinajstić information content (AvgIpc) is 3.96. The van der Waals surface area contributed by atoms with Crippen molar-refractivity contribution in [1.82, 2.24) is 9.97 Å². The van der Waals surface area contributed by atoms with Crippen molar-refractivity contribution in [2.75, 3.05) is 0 Å². The van der Waals surface area contributed by atoms with Crippen LogP contribution in [-0.4, -0.2) is 9.97 Å². The minimum atomic E-state index is -0.439. The molecular weight excluding hydrogens is 576 g/mol. The van der Waals surface area contributed by atoms with E-state index in [1.807, 2.05) is 0 Å². The van der Waals surface area contributed by atoms with Crippen LogP contribution >= 0.6 is 0 Å². The molecule has 0 fully saturated rings. The molecule has 220 valence electrons. The van der Waals surface area contributed by atoms with Crippen molar-refractivity contribution < 1.29 is 8.83 Å². The Kier molecular flexibility index (Phi) is 5.46. The molecule has 8 aromatic rings. The predicted molar refractivity (Wildman–Crippen MR) is 185 cm³/mol. The second-order valence-electron chi connectivity index (χ2n) is 12.3. The Hall–Kier alpha value is -6.26. The molecule has 0 saturated carbocycles. The molecule has 0 aliphatic heterocycles. The number of benzene rings is 6. The third-order valence-electron chi connectivity index (χ3n) is 9.98. The molecule has 0 atom stereocenters. The first-order valence-corrected chi connectivity index (χ1v) is 15.8. The van der Waals surface area contributed by atoms with E-state index in [2.05, 4.69) is 143 Å². The predicted octanol–water partition coefficient (Wildman–Crippen LogP) is 10.7. The smallest absolute Gasteiger partial charge is 0.181 e. The quantitative estimate of drug-likeness (QED) is 0.201. The number of nitrogens with zero attached hydrogens (tertiary/aromatic N) is 2. The van der Waals surface area contributed by atoms with Gasteiger partial charge in [-0.3, -0.25) is 0 Å². The Bertz CT molecular complexity index is 2260. The zero-order valence-electron chi connectivity index (χ0n) is 25.2. The van der Waals surface area contributed by atoms with Gasteiger partial charge in [0.15, 0.2) is 12.8 Å². The first kappa shape index (κ1) is 26.0. The molecule has 1 spiro atoms. The van der Waals surface area contributed by atoms with E-state index in [4.69, 9.17) is 8.83 Å². The Morgan fingerprint density at radius 3 is 1.17 bits per heavy atom. The molecule has 0 amide bonds. The van der Waals surface area contributed by atoms with Gasteiger partial charge < -0.3 is 8.83 Å². The van der Waals surface area contributed by atoms with E-state index in [0.717, 1.165) is 22.5 Å². The number of hydrogen-bond acceptors (Lipinski definition) is 4. The normalized spacial score (nSPS) is 13.3. The topological polar surface area (TPSA) is 52.1 Å². The van der Waals surface area contributed by atoms with Gasteiger partial charge in [0.25, 0.3) is 0 Å². The molecule has 0 radical (unpaired) electrons. The van der Waals surface area contributed by atoms with E-state index < -0.39 is 5.41 Å². The summed E-state index contributed by atoms with van der Waals surface area (Å²) in [4.78, 5) is 8.64. The summed E-state index contributed by atoms with van der Waals surface area (Å²) in [6.45, 7) is 0. The molecule has 2 aliphatic carbocycles. The lowest BCUT2D eigenvalue weighted by Crippen LogP contribution is -2.26. The van der Waals surface area contributed by atoms with Crippen molar-refractivity contribution in [3.63, 3.8) is 0 Å². The third-order valence-corrected chi connectivity index (χ3v) is 9.98. The lowest BCUT2D eigenvalue weighted by molar-refractivity contribution is 0.558. The molecule has 0 bridgehead atoms. The highest BCUT2D eigenvalue weighted by Gasteiger charge is 2.51. The highest BCUT2D eigenvalue weighted by molar-refractivity contribution is 5.97. The standard InChI is InChI=1S/C43H26N2O2/c1-3-7-37-33(5-1)34-6-2-4-8-38(34)43(37)39-21-31(27-9-13-29(14-10-27)41-23-46-25-44-41)17-19-35(39)36-20-18-32(22-40(36)43)28-11-15-30(16-12-28)42-24-47-26-45-42/h1-26H. The Morgan fingerprint density at radius 2 is 0.745 bits per heavy atom. The van der Waals surface area contributed by atoms with E-state index in [0.29, 0.717) is 0 Å². The molecule has 4 nitrogen and oxygen atoms in total. The van der Waals surface area contributed by atoms with Gasteiger partial charge in [-0.2, -0.15) is 0 Å². The Morgan fingerprint density at radius 1 is 0.362 bits per heavy atom. The van der Waals surface area contributed by atoms with E-state index in [9.17, 15) is 0 Å². The molecule has 10 rings (SSSR count). The first-order chi connectivity index (χ1) is 23.3. The molecular formula is C43H26N2O2. The van der Waals surface area contributed by atoms with Gasteiger partial charge in [0, 0.05) is 11.1 Å². The van der Waals surface area contributed by atoms with Crippen LogP contribution in [0.5, 0.6) is 0 Å². The van der Waals surface area contributed by atoms with Crippen LogP contribution in [0, 0.1) is 0 Å². The summed E-state index contributed by atoms with van der Waals surface area (Å²) < 4.78 is 10.4. The molecule has 6 aromatic carbocycles. The summed E-state index contributed by atoms with van der Waals surface area (Å²) in [6, 6.07) is 49.1. The van der Waals surface area contributed by atoms with Crippen LogP contribution < -0.4 is 0 Å². The van der Waals surface area contributed by atoms with Crippen molar-refractivity contribution in [3.05, 3.63) is 181 Å². The third kappa shape index (κ3) is 3.70. The maximum absolute atomic E-state index is 5.22. The average molecular weight is 603 g/mol. The van der Waals surface area contributed by atoms with E-state index in [1.165, 1.54) is 79.5 Å². The van der Waals surface area contributed by atoms with Gasteiger partial charge in [-0.25, -0.2) is 9.97 Å². The lowest BCUT2D eigenvalue weighted by atomic mass is 9.70. The van der Waals surface area contributed by atoms with Crippen molar-refractivity contribution in [2.24, 2.45) is 0 Å². The van der Waals surface area contributed by atoms with Gasteiger partial charge in [-0.1, -0.05) is 121 Å². The monoisotopic (exact) mass is 602 g/mol. The zero-order valence-corrected chi connectivity index (χ0v) is 25.2. The molecule has 0 unspecified atom stereocenters. The van der Waals surface area contributed by atoms with E-state index in [-0.39, 0.29) is 0 Å². The second kappa shape index (κ2) is 9.87. The molecule has 2 aromatic heterocycles. The fourth-order valence-corrected chi connectivity index (χ4v) is 7.88. The fourth-order valence-electron chi connectivity index (χ4n) is 7.88. The van der Waals surface area contributed by atoms with Gasteiger partial charge in [-0.05, 0) is 78.9 Å². The fraction of sp³-hybridized carbons (Fsp3) is 0.0233.